The molecule has 0 saturated heterocycles. The van der Waals surface area contributed by atoms with Gasteiger partial charge in [0.1, 0.15) is 0 Å². The molecule has 0 aromatic heterocycles. The summed E-state index contributed by atoms with van der Waals surface area (Å²) in [5, 5.41) is 2.44. The van der Waals surface area contributed by atoms with Crippen molar-refractivity contribution < 1.29 is 4.79 Å². The van der Waals surface area contributed by atoms with Crippen LogP contribution in [0.3, 0.4) is 0 Å². The molecule has 1 aliphatic heterocycles. The standard InChI is InChI=1S/C13H11NOS/c1-14-13(15)8-11-6-9-4-2-3-5-10(9)7-12(11)16-14/h2-7H,8H2,1H3. The number of hydrogen-bond donors (Lipinski definition) is 0. The summed E-state index contributed by atoms with van der Waals surface area (Å²) < 4.78 is 1.71. The molecule has 2 nitrogen and oxygen atoms in total. The van der Waals surface area contributed by atoms with Crippen molar-refractivity contribution in [2.24, 2.45) is 0 Å². The van der Waals surface area contributed by atoms with E-state index in [0.29, 0.717) is 6.42 Å². The van der Waals surface area contributed by atoms with E-state index >= 15 is 0 Å². The molecule has 0 unspecified atom stereocenters. The minimum Gasteiger partial charge on any atom is -0.285 e. The zero-order valence-corrected chi connectivity index (χ0v) is 9.75. The minimum atomic E-state index is 0.174. The maximum atomic E-state index is 11.6. The Morgan fingerprint density at radius 3 is 2.62 bits per heavy atom. The summed E-state index contributed by atoms with van der Waals surface area (Å²) in [4.78, 5) is 12.8. The molecule has 16 heavy (non-hydrogen) atoms. The van der Waals surface area contributed by atoms with Crippen molar-refractivity contribution in [2.75, 3.05) is 7.05 Å². The van der Waals surface area contributed by atoms with Crippen molar-refractivity contribution in [1.82, 2.24) is 4.31 Å². The normalized spacial score (nSPS) is 15.3. The summed E-state index contributed by atoms with van der Waals surface area (Å²) in [7, 11) is 1.82. The molecule has 0 N–H and O–H groups in total. The van der Waals surface area contributed by atoms with Crippen molar-refractivity contribution >= 4 is 28.6 Å². The summed E-state index contributed by atoms with van der Waals surface area (Å²) in [5.74, 6) is 0.174. The van der Waals surface area contributed by atoms with Gasteiger partial charge < -0.3 is 0 Å². The van der Waals surface area contributed by atoms with Crippen LogP contribution in [0.25, 0.3) is 10.8 Å². The number of hydrogen-bond acceptors (Lipinski definition) is 2. The molecule has 0 spiro atoms. The first-order valence-electron chi connectivity index (χ1n) is 5.20. The molecule has 3 heteroatoms. The van der Waals surface area contributed by atoms with Gasteiger partial charge >= 0.3 is 0 Å². The predicted molar refractivity (Wildman–Crippen MR) is 66.3 cm³/mol. The lowest BCUT2D eigenvalue weighted by molar-refractivity contribution is -0.124. The second kappa shape index (κ2) is 3.52. The van der Waals surface area contributed by atoms with Crippen LogP contribution in [0.4, 0.5) is 0 Å². The summed E-state index contributed by atoms with van der Waals surface area (Å²) in [6.45, 7) is 0. The highest BCUT2D eigenvalue weighted by Crippen LogP contribution is 2.34. The first-order chi connectivity index (χ1) is 7.74. The highest BCUT2D eigenvalue weighted by atomic mass is 32.2. The van der Waals surface area contributed by atoms with Crippen LogP contribution in [0.15, 0.2) is 41.3 Å². The van der Waals surface area contributed by atoms with Crippen LogP contribution < -0.4 is 0 Å². The lowest BCUT2D eigenvalue weighted by Crippen LogP contribution is -2.25. The molecule has 0 aliphatic carbocycles. The number of rotatable bonds is 0. The van der Waals surface area contributed by atoms with Gasteiger partial charge in [-0.1, -0.05) is 24.3 Å². The third-order valence-electron chi connectivity index (χ3n) is 2.86. The lowest BCUT2D eigenvalue weighted by atomic mass is 10.0. The fourth-order valence-electron chi connectivity index (χ4n) is 1.96. The van der Waals surface area contributed by atoms with E-state index in [-0.39, 0.29) is 5.91 Å². The fourth-order valence-corrected chi connectivity index (χ4v) is 2.85. The Bertz CT molecular complexity index is 579. The van der Waals surface area contributed by atoms with Gasteiger partial charge in [0, 0.05) is 11.9 Å². The van der Waals surface area contributed by atoms with Gasteiger partial charge in [0.25, 0.3) is 0 Å². The molecule has 1 amide bonds. The van der Waals surface area contributed by atoms with Crippen LogP contribution >= 0.6 is 11.9 Å². The van der Waals surface area contributed by atoms with Crippen molar-refractivity contribution in [2.45, 2.75) is 11.3 Å². The van der Waals surface area contributed by atoms with Gasteiger partial charge in [-0.15, -0.1) is 0 Å². The van der Waals surface area contributed by atoms with Crippen LogP contribution in [-0.2, 0) is 11.2 Å². The molecule has 0 bridgehead atoms. The molecular formula is C13H11NOS. The van der Waals surface area contributed by atoms with E-state index in [1.807, 2.05) is 19.2 Å². The van der Waals surface area contributed by atoms with Gasteiger partial charge in [0.2, 0.25) is 5.91 Å². The van der Waals surface area contributed by atoms with Gasteiger partial charge in [0.05, 0.1) is 6.42 Å². The molecule has 1 heterocycles. The Kier molecular flexibility index (Phi) is 2.14. The van der Waals surface area contributed by atoms with Crippen LogP contribution in [0, 0.1) is 0 Å². The minimum absolute atomic E-state index is 0.174. The maximum absolute atomic E-state index is 11.6. The largest absolute Gasteiger partial charge is 0.285 e. The first-order valence-corrected chi connectivity index (χ1v) is 5.97. The van der Waals surface area contributed by atoms with E-state index < -0.39 is 0 Å². The van der Waals surface area contributed by atoms with Crippen molar-refractivity contribution in [1.29, 1.82) is 0 Å². The molecule has 3 rings (SSSR count). The third kappa shape index (κ3) is 1.48. The second-order valence-corrected chi connectivity index (χ2v) is 5.14. The predicted octanol–water partition coefficient (Wildman–Crippen LogP) is 2.86. The van der Waals surface area contributed by atoms with Crippen LogP contribution in [0.1, 0.15) is 5.56 Å². The second-order valence-electron chi connectivity index (χ2n) is 3.97. The summed E-state index contributed by atoms with van der Waals surface area (Å²) >= 11 is 1.52. The van der Waals surface area contributed by atoms with Crippen LogP contribution in [0.5, 0.6) is 0 Å². The molecule has 80 valence electrons. The van der Waals surface area contributed by atoms with Gasteiger partial charge in [-0.05, 0) is 40.4 Å². The van der Waals surface area contributed by atoms with Crippen molar-refractivity contribution in [3.8, 4) is 0 Å². The highest BCUT2D eigenvalue weighted by Gasteiger charge is 2.21. The molecule has 0 radical (unpaired) electrons. The zero-order valence-electron chi connectivity index (χ0n) is 8.93. The SMILES string of the molecule is CN1Sc2cc3ccccc3cc2CC1=O. The van der Waals surface area contributed by atoms with E-state index in [1.165, 1.54) is 27.6 Å². The number of carbonyl (C=O) groups is 1. The van der Waals surface area contributed by atoms with E-state index in [2.05, 4.69) is 24.3 Å². The summed E-state index contributed by atoms with van der Waals surface area (Å²) in [5.41, 5.74) is 1.15. The smallest absolute Gasteiger partial charge is 0.236 e. The number of amides is 1. The monoisotopic (exact) mass is 229 g/mol. The quantitative estimate of drug-likeness (QED) is 0.647. The Balaban J connectivity index is 2.20. The Morgan fingerprint density at radius 2 is 1.88 bits per heavy atom. The van der Waals surface area contributed by atoms with E-state index in [1.54, 1.807) is 4.31 Å². The average molecular weight is 229 g/mol. The Hall–Kier alpha value is -1.48. The van der Waals surface area contributed by atoms with Crippen molar-refractivity contribution in [3.05, 3.63) is 42.0 Å². The molecule has 2 aromatic rings. The molecule has 0 saturated carbocycles. The number of fused-ring (bicyclic) bond motifs is 2. The van der Waals surface area contributed by atoms with E-state index in [0.717, 1.165) is 5.56 Å². The number of nitrogens with zero attached hydrogens (tertiary/aromatic N) is 1. The van der Waals surface area contributed by atoms with Gasteiger partial charge in [-0.25, -0.2) is 0 Å². The number of likely N-dealkylation sites (N-methyl/N-ethyl adjacent to an activating group) is 1. The molecule has 0 atom stereocenters. The fraction of sp³-hybridized carbons (Fsp3) is 0.154. The first kappa shape index (κ1) is 9.73. The lowest BCUT2D eigenvalue weighted by Gasteiger charge is -2.23. The molecular weight excluding hydrogens is 218 g/mol. The van der Waals surface area contributed by atoms with Gasteiger partial charge in [0.15, 0.2) is 0 Å². The maximum Gasteiger partial charge on any atom is 0.236 e. The van der Waals surface area contributed by atoms with E-state index in [4.69, 9.17) is 0 Å². The average Bonchev–Trinajstić information content (AvgIpc) is 2.28. The van der Waals surface area contributed by atoms with Crippen molar-refractivity contribution in [3.63, 3.8) is 0 Å². The number of carbonyl (C=O) groups excluding carboxylic acids is 1. The summed E-state index contributed by atoms with van der Waals surface area (Å²) in [6, 6.07) is 12.5. The highest BCUT2D eigenvalue weighted by molar-refractivity contribution is 7.97. The Labute approximate surface area is 98.4 Å². The molecule has 1 aliphatic rings. The molecule has 2 aromatic carbocycles. The zero-order chi connectivity index (χ0) is 11.1. The van der Waals surface area contributed by atoms with Gasteiger partial charge in [-0.3, -0.25) is 9.10 Å². The topological polar surface area (TPSA) is 20.3 Å². The third-order valence-corrected chi connectivity index (χ3v) is 3.91. The van der Waals surface area contributed by atoms with Gasteiger partial charge in [-0.2, -0.15) is 0 Å². The Morgan fingerprint density at radius 1 is 1.19 bits per heavy atom. The molecule has 0 fully saturated rings. The van der Waals surface area contributed by atoms with Crippen LogP contribution in [0.2, 0.25) is 0 Å². The van der Waals surface area contributed by atoms with Crippen LogP contribution in [-0.4, -0.2) is 17.3 Å². The van der Waals surface area contributed by atoms with E-state index in [9.17, 15) is 4.79 Å². The summed E-state index contributed by atoms with van der Waals surface area (Å²) in [6.07, 6.45) is 0.518. The number of benzene rings is 2.